The summed E-state index contributed by atoms with van der Waals surface area (Å²) in [6.07, 6.45) is 0.976. The van der Waals surface area contributed by atoms with Crippen molar-refractivity contribution < 1.29 is 22.7 Å². The van der Waals surface area contributed by atoms with Crippen molar-refractivity contribution in [2.45, 2.75) is 31.6 Å². The van der Waals surface area contributed by atoms with Crippen molar-refractivity contribution in [2.24, 2.45) is 5.92 Å². The molecular weight excluding hydrogens is 308 g/mol. The van der Waals surface area contributed by atoms with Gasteiger partial charge in [-0.25, -0.2) is 8.42 Å². The van der Waals surface area contributed by atoms with E-state index in [1.54, 1.807) is 6.07 Å². The van der Waals surface area contributed by atoms with Gasteiger partial charge in [0.2, 0.25) is 5.91 Å². The van der Waals surface area contributed by atoms with Crippen LogP contribution in [0.4, 0.5) is 0 Å². The molecule has 122 valence electrons. The molecule has 0 aromatic heterocycles. The van der Waals surface area contributed by atoms with Gasteiger partial charge in [-0.3, -0.25) is 10.2 Å². The highest BCUT2D eigenvalue weighted by Crippen LogP contribution is 2.31. The molecule has 1 aliphatic rings. The van der Waals surface area contributed by atoms with Crippen molar-refractivity contribution >= 4 is 15.9 Å². The Kier molecular flexibility index (Phi) is 5.25. The molecule has 0 saturated carbocycles. The molecule has 1 heterocycles. The summed E-state index contributed by atoms with van der Waals surface area (Å²) < 4.78 is 35.2. The third-order valence-electron chi connectivity index (χ3n) is 2.95. The van der Waals surface area contributed by atoms with E-state index in [0.29, 0.717) is 24.7 Å². The molecule has 0 aliphatic carbocycles. The third kappa shape index (κ3) is 4.35. The number of carbonyl (C=O) groups is 1. The average molecular weight is 328 g/mol. The molecule has 0 unspecified atom stereocenters. The van der Waals surface area contributed by atoms with Crippen molar-refractivity contribution in [3.8, 4) is 11.5 Å². The summed E-state index contributed by atoms with van der Waals surface area (Å²) in [5, 5.41) is 0. The minimum atomic E-state index is -3.85. The van der Waals surface area contributed by atoms with Crippen LogP contribution in [-0.4, -0.2) is 27.5 Å². The fourth-order valence-electron chi connectivity index (χ4n) is 1.92. The molecule has 0 saturated heterocycles. The first kappa shape index (κ1) is 16.6. The van der Waals surface area contributed by atoms with Crippen LogP contribution in [0.2, 0.25) is 0 Å². The zero-order chi connectivity index (χ0) is 16.2. The molecule has 8 heteroatoms. The first-order chi connectivity index (χ1) is 10.4. The molecular formula is C14H20N2O5S. The summed E-state index contributed by atoms with van der Waals surface area (Å²) in [5.74, 6) is 0.657. The zero-order valence-corrected chi connectivity index (χ0v) is 13.4. The number of hydrazine groups is 1. The van der Waals surface area contributed by atoms with Crippen LogP contribution in [0.1, 0.15) is 26.7 Å². The molecule has 2 N–H and O–H groups in total. The van der Waals surface area contributed by atoms with Crippen LogP contribution in [0.25, 0.3) is 0 Å². The van der Waals surface area contributed by atoms with Crippen LogP contribution in [0.15, 0.2) is 23.1 Å². The molecule has 1 aliphatic heterocycles. The molecule has 0 fully saturated rings. The highest BCUT2D eigenvalue weighted by molar-refractivity contribution is 7.89. The summed E-state index contributed by atoms with van der Waals surface area (Å²) in [6, 6.07) is 4.34. The fraction of sp³-hybridized carbons (Fsp3) is 0.500. The number of hydrogen-bond donors (Lipinski definition) is 2. The predicted molar refractivity (Wildman–Crippen MR) is 80.0 cm³/mol. The SMILES string of the molecule is CC(C)CC(=O)NNS(=O)(=O)c1ccc2c(c1)OCCCO2. The lowest BCUT2D eigenvalue weighted by Gasteiger charge is -2.12. The maximum absolute atomic E-state index is 12.2. The normalized spacial score (nSPS) is 14.5. The van der Waals surface area contributed by atoms with Crippen LogP contribution < -0.4 is 19.7 Å². The van der Waals surface area contributed by atoms with E-state index in [-0.39, 0.29) is 23.1 Å². The number of benzene rings is 1. The molecule has 1 amide bonds. The number of sulfonamides is 1. The molecule has 1 aromatic rings. The number of amides is 1. The summed E-state index contributed by atoms with van der Waals surface area (Å²) >= 11 is 0. The van der Waals surface area contributed by atoms with Gasteiger partial charge >= 0.3 is 0 Å². The number of ether oxygens (including phenoxy) is 2. The molecule has 22 heavy (non-hydrogen) atoms. The number of hydrogen-bond acceptors (Lipinski definition) is 5. The molecule has 1 aromatic carbocycles. The van der Waals surface area contributed by atoms with E-state index in [1.807, 2.05) is 13.8 Å². The lowest BCUT2D eigenvalue weighted by molar-refractivity contribution is -0.122. The second-order valence-corrected chi connectivity index (χ2v) is 7.09. The van der Waals surface area contributed by atoms with E-state index >= 15 is 0 Å². The lowest BCUT2D eigenvalue weighted by atomic mass is 10.1. The van der Waals surface area contributed by atoms with Crippen molar-refractivity contribution in [3.63, 3.8) is 0 Å². The van der Waals surface area contributed by atoms with Crippen molar-refractivity contribution in [1.29, 1.82) is 0 Å². The zero-order valence-electron chi connectivity index (χ0n) is 12.6. The van der Waals surface area contributed by atoms with Crippen LogP contribution in [0, 0.1) is 5.92 Å². The first-order valence-corrected chi connectivity index (χ1v) is 8.57. The van der Waals surface area contributed by atoms with E-state index in [1.165, 1.54) is 12.1 Å². The van der Waals surface area contributed by atoms with E-state index in [4.69, 9.17) is 9.47 Å². The van der Waals surface area contributed by atoms with Gasteiger partial charge in [-0.15, -0.1) is 4.83 Å². The Hall–Kier alpha value is -1.80. The first-order valence-electron chi connectivity index (χ1n) is 7.09. The maximum Gasteiger partial charge on any atom is 0.257 e. The largest absolute Gasteiger partial charge is 0.490 e. The number of fused-ring (bicyclic) bond motifs is 1. The standard InChI is InChI=1S/C14H20N2O5S/c1-10(2)8-14(17)15-16-22(18,19)11-4-5-12-13(9-11)21-7-3-6-20-12/h4-5,9-10,16H,3,6-8H2,1-2H3,(H,15,17). The van der Waals surface area contributed by atoms with Gasteiger partial charge in [-0.2, -0.15) is 0 Å². The molecule has 7 nitrogen and oxygen atoms in total. The number of rotatable bonds is 5. The van der Waals surface area contributed by atoms with Gasteiger partial charge in [0.1, 0.15) is 0 Å². The number of nitrogens with one attached hydrogen (secondary N) is 2. The Morgan fingerprint density at radius 3 is 2.59 bits per heavy atom. The Morgan fingerprint density at radius 2 is 1.91 bits per heavy atom. The fourth-order valence-corrected chi connectivity index (χ4v) is 2.79. The summed E-state index contributed by atoms with van der Waals surface area (Å²) in [6.45, 7) is 4.74. The summed E-state index contributed by atoms with van der Waals surface area (Å²) in [5.41, 5.74) is 2.20. The van der Waals surface area contributed by atoms with Crippen LogP contribution >= 0.6 is 0 Å². The molecule has 0 spiro atoms. The van der Waals surface area contributed by atoms with Crippen molar-refractivity contribution in [2.75, 3.05) is 13.2 Å². The highest BCUT2D eigenvalue weighted by Gasteiger charge is 2.19. The summed E-state index contributed by atoms with van der Waals surface area (Å²) in [4.78, 5) is 13.6. The minimum Gasteiger partial charge on any atom is -0.490 e. The lowest BCUT2D eigenvalue weighted by Crippen LogP contribution is -2.41. The monoisotopic (exact) mass is 328 g/mol. The van der Waals surface area contributed by atoms with Gasteiger partial charge in [0.15, 0.2) is 11.5 Å². The molecule has 0 bridgehead atoms. The van der Waals surface area contributed by atoms with Crippen molar-refractivity contribution in [3.05, 3.63) is 18.2 Å². The molecule has 0 radical (unpaired) electrons. The van der Waals surface area contributed by atoms with Gasteiger partial charge in [0.05, 0.1) is 18.1 Å². The third-order valence-corrected chi connectivity index (χ3v) is 4.19. The second kappa shape index (κ2) is 6.97. The molecule has 2 rings (SSSR count). The average Bonchev–Trinajstić information content (AvgIpc) is 2.69. The Balaban J connectivity index is 2.09. The molecule has 0 atom stereocenters. The van der Waals surface area contributed by atoms with Gasteiger partial charge in [-0.1, -0.05) is 13.8 Å². The highest BCUT2D eigenvalue weighted by atomic mass is 32.2. The van der Waals surface area contributed by atoms with Crippen LogP contribution in [-0.2, 0) is 14.8 Å². The van der Waals surface area contributed by atoms with Crippen molar-refractivity contribution in [1.82, 2.24) is 10.3 Å². The van der Waals surface area contributed by atoms with Crippen LogP contribution in [0.5, 0.6) is 11.5 Å². The van der Waals surface area contributed by atoms with Gasteiger partial charge in [-0.05, 0) is 18.1 Å². The van der Waals surface area contributed by atoms with Crippen LogP contribution in [0.3, 0.4) is 0 Å². The van der Waals surface area contributed by atoms with E-state index in [0.717, 1.165) is 6.42 Å². The summed E-state index contributed by atoms with van der Waals surface area (Å²) in [7, 11) is -3.85. The Labute approximate surface area is 130 Å². The van der Waals surface area contributed by atoms with Gasteiger partial charge in [0, 0.05) is 18.9 Å². The quantitative estimate of drug-likeness (QED) is 0.792. The smallest absolute Gasteiger partial charge is 0.257 e. The predicted octanol–water partition coefficient (Wildman–Crippen LogP) is 1.20. The van der Waals surface area contributed by atoms with E-state index in [2.05, 4.69) is 10.3 Å². The number of carbonyl (C=O) groups excluding carboxylic acids is 1. The van der Waals surface area contributed by atoms with Gasteiger partial charge in [0.25, 0.3) is 10.0 Å². The van der Waals surface area contributed by atoms with Gasteiger partial charge < -0.3 is 9.47 Å². The maximum atomic E-state index is 12.2. The van der Waals surface area contributed by atoms with E-state index < -0.39 is 10.0 Å². The second-order valence-electron chi connectivity index (χ2n) is 5.41. The minimum absolute atomic E-state index is 0.00148. The Bertz CT molecular complexity index is 643. The van der Waals surface area contributed by atoms with E-state index in [9.17, 15) is 13.2 Å². The Morgan fingerprint density at radius 1 is 1.23 bits per heavy atom. The topological polar surface area (TPSA) is 93.7 Å².